The number of benzene rings is 1. The van der Waals surface area contributed by atoms with Crippen molar-refractivity contribution in [3.63, 3.8) is 0 Å². The van der Waals surface area contributed by atoms with Crippen LogP contribution >= 0.6 is 11.3 Å². The van der Waals surface area contributed by atoms with Gasteiger partial charge in [-0.05, 0) is 48.8 Å². The monoisotopic (exact) mass is 411 g/mol. The van der Waals surface area contributed by atoms with Gasteiger partial charge in [-0.3, -0.25) is 9.59 Å². The number of thiophene rings is 1. The summed E-state index contributed by atoms with van der Waals surface area (Å²) in [6.07, 6.45) is 5.39. The topological polar surface area (TPSA) is 61.4 Å². The SMILES string of the molecule is O=C(CCC1(Cc2cccs2)CCC(=O)N1)NCCCN1CCc2ccccc21. The summed E-state index contributed by atoms with van der Waals surface area (Å²) < 4.78 is 0. The Morgan fingerprint density at radius 2 is 2.10 bits per heavy atom. The molecule has 154 valence electrons. The van der Waals surface area contributed by atoms with Gasteiger partial charge in [0.15, 0.2) is 0 Å². The summed E-state index contributed by atoms with van der Waals surface area (Å²) in [6, 6.07) is 12.7. The first-order chi connectivity index (χ1) is 14.1. The van der Waals surface area contributed by atoms with Gasteiger partial charge >= 0.3 is 0 Å². The fourth-order valence-electron chi connectivity index (χ4n) is 4.51. The van der Waals surface area contributed by atoms with Gasteiger partial charge in [0.1, 0.15) is 0 Å². The molecule has 29 heavy (non-hydrogen) atoms. The zero-order valence-corrected chi connectivity index (χ0v) is 17.6. The fraction of sp³-hybridized carbons (Fsp3) is 0.478. The van der Waals surface area contributed by atoms with Gasteiger partial charge in [-0.15, -0.1) is 11.3 Å². The lowest BCUT2D eigenvalue weighted by Gasteiger charge is -2.28. The maximum atomic E-state index is 12.4. The molecule has 0 saturated carbocycles. The standard InChI is InChI=1S/C23H29N3O2S/c27-21(24-13-4-14-26-15-10-18-5-1-2-7-20(18)26)8-11-23(12-9-22(28)25-23)17-19-6-3-16-29-19/h1-3,5-7,16H,4,8-15,17H2,(H,24,27)(H,25,28). The predicted molar refractivity (Wildman–Crippen MR) is 117 cm³/mol. The van der Waals surface area contributed by atoms with E-state index in [9.17, 15) is 9.59 Å². The average Bonchev–Trinajstić information content (AvgIpc) is 3.45. The number of nitrogens with zero attached hydrogens (tertiary/aromatic N) is 1. The lowest BCUT2D eigenvalue weighted by Crippen LogP contribution is -2.44. The first kappa shape index (κ1) is 20.0. The van der Waals surface area contributed by atoms with Crippen molar-refractivity contribution in [2.24, 2.45) is 0 Å². The Labute approximate surface area is 176 Å². The smallest absolute Gasteiger partial charge is 0.220 e. The number of anilines is 1. The number of carbonyl (C=O) groups excluding carboxylic acids is 2. The molecular formula is C23H29N3O2S. The van der Waals surface area contributed by atoms with Gasteiger partial charge in [-0.1, -0.05) is 24.3 Å². The molecule has 1 aromatic carbocycles. The van der Waals surface area contributed by atoms with Crippen molar-refractivity contribution in [3.05, 3.63) is 52.2 Å². The van der Waals surface area contributed by atoms with E-state index in [2.05, 4.69) is 51.2 Å². The Kier molecular flexibility index (Phi) is 6.19. The van der Waals surface area contributed by atoms with Crippen molar-refractivity contribution in [2.45, 2.75) is 50.5 Å². The molecule has 0 spiro atoms. The van der Waals surface area contributed by atoms with Crippen LogP contribution in [0.3, 0.4) is 0 Å². The van der Waals surface area contributed by atoms with E-state index >= 15 is 0 Å². The Bertz CT molecular complexity index is 852. The molecule has 1 fully saturated rings. The summed E-state index contributed by atoms with van der Waals surface area (Å²) in [6.45, 7) is 2.73. The van der Waals surface area contributed by atoms with Gasteiger partial charge in [0.25, 0.3) is 0 Å². The predicted octanol–water partition coefficient (Wildman–Crippen LogP) is 3.29. The van der Waals surface area contributed by atoms with E-state index in [-0.39, 0.29) is 17.4 Å². The van der Waals surface area contributed by atoms with Gasteiger partial charge in [0.2, 0.25) is 11.8 Å². The number of nitrogens with one attached hydrogen (secondary N) is 2. The Hall–Kier alpha value is -2.34. The van der Waals surface area contributed by atoms with Crippen LogP contribution in [-0.2, 0) is 22.4 Å². The maximum absolute atomic E-state index is 12.4. The van der Waals surface area contributed by atoms with Crippen molar-refractivity contribution < 1.29 is 9.59 Å². The van der Waals surface area contributed by atoms with Crippen LogP contribution in [0.25, 0.3) is 0 Å². The molecule has 0 bridgehead atoms. The molecule has 2 aliphatic rings. The summed E-state index contributed by atoms with van der Waals surface area (Å²) >= 11 is 1.71. The summed E-state index contributed by atoms with van der Waals surface area (Å²) in [4.78, 5) is 27.9. The third-order valence-electron chi connectivity index (χ3n) is 6.07. The van der Waals surface area contributed by atoms with Crippen molar-refractivity contribution in [1.29, 1.82) is 0 Å². The van der Waals surface area contributed by atoms with E-state index in [0.29, 0.717) is 25.8 Å². The lowest BCUT2D eigenvalue weighted by molar-refractivity contribution is -0.122. The highest BCUT2D eigenvalue weighted by Crippen LogP contribution is 2.31. The Morgan fingerprint density at radius 3 is 2.90 bits per heavy atom. The normalized spacial score (nSPS) is 20.6. The van der Waals surface area contributed by atoms with Gasteiger partial charge in [-0.25, -0.2) is 0 Å². The lowest BCUT2D eigenvalue weighted by atomic mass is 9.87. The summed E-state index contributed by atoms with van der Waals surface area (Å²) in [7, 11) is 0. The number of para-hydroxylation sites is 1. The van der Waals surface area contributed by atoms with Crippen LogP contribution in [0.1, 0.15) is 42.5 Å². The third-order valence-corrected chi connectivity index (χ3v) is 6.95. The van der Waals surface area contributed by atoms with Crippen LogP contribution in [0.15, 0.2) is 41.8 Å². The second kappa shape index (κ2) is 8.99. The minimum Gasteiger partial charge on any atom is -0.371 e. The summed E-state index contributed by atoms with van der Waals surface area (Å²) in [5.41, 5.74) is 2.50. The maximum Gasteiger partial charge on any atom is 0.220 e. The third kappa shape index (κ3) is 4.99. The van der Waals surface area contributed by atoms with E-state index in [1.165, 1.54) is 16.1 Å². The number of hydrogen-bond donors (Lipinski definition) is 2. The van der Waals surface area contributed by atoms with Crippen LogP contribution in [0.4, 0.5) is 5.69 Å². The first-order valence-electron chi connectivity index (χ1n) is 10.6. The molecule has 6 heteroatoms. The number of hydrogen-bond acceptors (Lipinski definition) is 4. The highest BCUT2D eigenvalue weighted by atomic mass is 32.1. The minimum absolute atomic E-state index is 0.0820. The summed E-state index contributed by atoms with van der Waals surface area (Å²) in [5, 5.41) is 8.28. The van der Waals surface area contributed by atoms with Crippen LogP contribution in [-0.4, -0.2) is 37.0 Å². The largest absolute Gasteiger partial charge is 0.371 e. The molecule has 2 amide bonds. The number of rotatable bonds is 9. The molecule has 1 saturated heterocycles. The van der Waals surface area contributed by atoms with Gasteiger partial charge in [0, 0.05) is 55.0 Å². The number of fused-ring (bicyclic) bond motifs is 1. The highest BCUT2D eigenvalue weighted by Gasteiger charge is 2.38. The van der Waals surface area contributed by atoms with Gasteiger partial charge in [-0.2, -0.15) is 0 Å². The molecule has 2 aliphatic heterocycles. The molecular weight excluding hydrogens is 382 g/mol. The van der Waals surface area contributed by atoms with Gasteiger partial charge < -0.3 is 15.5 Å². The van der Waals surface area contributed by atoms with E-state index in [0.717, 1.165) is 38.8 Å². The second-order valence-corrected chi connectivity index (χ2v) is 9.19. The zero-order chi connectivity index (χ0) is 20.1. The fourth-order valence-corrected chi connectivity index (χ4v) is 5.36. The van der Waals surface area contributed by atoms with E-state index in [4.69, 9.17) is 0 Å². The molecule has 1 unspecified atom stereocenters. The Morgan fingerprint density at radius 1 is 1.21 bits per heavy atom. The average molecular weight is 412 g/mol. The summed E-state index contributed by atoms with van der Waals surface area (Å²) in [5.74, 6) is 0.186. The minimum atomic E-state index is -0.265. The van der Waals surface area contributed by atoms with Gasteiger partial charge in [0.05, 0.1) is 0 Å². The van der Waals surface area contributed by atoms with Crippen LogP contribution < -0.4 is 15.5 Å². The second-order valence-electron chi connectivity index (χ2n) is 8.15. The van der Waals surface area contributed by atoms with Crippen molar-refractivity contribution in [2.75, 3.05) is 24.5 Å². The molecule has 1 aromatic heterocycles. The van der Waals surface area contributed by atoms with Crippen LogP contribution in [0.2, 0.25) is 0 Å². The van der Waals surface area contributed by atoms with E-state index in [1.807, 2.05) is 6.07 Å². The first-order valence-corrected chi connectivity index (χ1v) is 11.4. The van der Waals surface area contributed by atoms with Crippen molar-refractivity contribution in [3.8, 4) is 0 Å². The highest BCUT2D eigenvalue weighted by molar-refractivity contribution is 7.09. The molecule has 2 N–H and O–H groups in total. The molecule has 1 atom stereocenters. The quantitative estimate of drug-likeness (QED) is 0.623. The van der Waals surface area contributed by atoms with Crippen LogP contribution in [0.5, 0.6) is 0 Å². The van der Waals surface area contributed by atoms with Crippen LogP contribution in [0, 0.1) is 0 Å². The Balaban J connectivity index is 1.20. The zero-order valence-electron chi connectivity index (χ0n) is 16.8. The van der Waals surface area contributed by atoms with E-state index < -0.39 is 0 Å². The van der Waals surface area contributed by atoms with E-state index in [1.54, 1.807) is 11.3 Å². The molecule has 5 nitrogen and oxygen atoms in total. The van der Waals surface area contributed by atoms with Crippen molar-refractivity contribution >= 4 is 28.8 Å². The molecule has 4 rings (SSSR count). The number of amides is 2. The molecule has 0 aliphatic carbocycles. The molecule has 0 radical (unpaired) electrons. The molecule has 3 heterocycles. The van der Waals surface area contributed by atoms with Crippen molar-refractivity contribution in [1.82, 2.24) is 10.6 Å². The molecule has 2 aromatic rings. The number of carbonyl (C=O) groups is 2.